The molecular formula is C25H17BrCl2INO4. The molecule has 0 saturated heterocycles. The number of hydrogen-bond acceptors (Lipinski definition) is 5. The van der Waals surface area contributed by atoms with Crippen LogP contribution in [0.3, 0.4) is 0 Å². The standard InChI is InChI=1S/C25H17BrCl2INO4/c1-2-32-22-11-14(9-18(26)23(22)33-13-15-5-3-4-6-20(15)29)10-21-25(31)34-24(30-21)17-8-7-16(27)12-19(17)28/h3-12H,2,13H2,1H3/b21-10-. The predicted molar refractivity (Wildman–Crippen MR) is 146 cm³/mol. The first kappa shape index (κ1) is 25.0. The lowest BCUT2D eigenvalue weighted by molar-refractivity contribution is -0.129. The summed E-state index contributed by atoms with van der Waals surface area (Å²) in [6, 6.07) is 16.5. The first-order chi connectivity index (χ1) is 16.4. The van der Waals surface area contributed by atoms with Gasteiger partial charge in [0.25, 0.3) is 0 Å². The highest BCUT2D eigenvalue weighted by Gasteiger charge is 2.26. The van der Waals surface area contributed by atoms with Crippen LogP contribution in [0.5, 0.6) is 11.5 Å². The van der Waals surface area contributed by atoms with Crippen molar-refractivity contribution in [1.29, 1.82) is 0 Å². The number of cyclic esters (lactones) is 1. The number of carbonyl (C=O) groups is 1. The van der Waals surface area contributed by atoms with Gasteiger partial charge in [-0.25, -0.2) is 9.79 Å². The molecule has 0 N–H and O–H groups in total. The summed E-state index contributed by atoms with van der Waals surface area (Å²) in [4.78, 5) is 16.8. The molecule has 34 heavy (non-hydrogen) atoms. The Labute approximate surface area is 229 Å². The number of carbonyl (C=O) groups excluding carboxylic acids is 1. The second-order valence-electron chi connectivity index (χ2n) is 7.10. The SMILES string of the molecule is CCOc1cc(/C=C2\N=C(c3ccc(Cl)cc3Cl)OC2=O)cc(Br)c1OCc1ccccc1I. The molecule has 3 aromatic carbocycles. The van der Waals surface area contributed by atoms with E-state index in [-0.39, 0.29) is 11.6 Å². The van der Waals surface area contributed by atoms with Gasteiger partial charge in [-0.3, -0.25) is 0 Å². The monoisotopic (exact) mass is 671 g/mol. The molecule has 0 fully saturated rings. The average Bonchev–Trinajstić information content (AvgIpc) is 3.14. The van der Waals surface area contributed by atoms with Crippen molar-refractivity contribution in [3.05, 3.63) is 95.1 Å². The van der Waals surface area contributed by atoms with Crippen LogP contribution in [0.1, 0.15) is 23.6 Å². The molecule has 4 rings (SSSR count). The molecule has 0 aliphatic carbocycles. The summed E-state index contributed by atoms with van der Waals surface area (Å²) in [6.45, 7) is 2.73. The molecule has 9 heteroatoms. The summed E-state index contributed by atoms with van der Waals surface area (Å²) < 4.78 is 19.0. The van der Waals surface area contributed by atoms with Crippen molar-refractivity contribution < 1.29 is 19.0 Å². The number of halogens is 4. The Balaban J connectivity index is 1.63. The third-order valence-corrected chi connectivity index (χ3v) is 6.94. The molecule has 0 saturated carbocycles. The summed E-state index contributed by atoms with van der Waals surface area (Å²) in [5, 5.41) is 0.822. The number of rotatable bonds is 7. The Morgan fingerprint density at radius 2 is 1.91 bits per heavy atom. The Hall–Kier alpha value is -2.07. The van der Waals surface area contributed by atoms with Gasteiger partial charge in [0, 0.05) is 14.2 Å². The van der Waals surface area contributed by atoms with Gasteiger partial charge in [0.1, 0.15) is 6.61 Å². The topological polar surface area (TPSA) is 57.1 Å². The lowest BCUT2D eigenvalue weighted by atomic mass is 10.1. The minimum Gasteiger partial charge on any atom is -0.490 e. The van der Waals surface area contributed by atoms with Gasteiger partial charge in [-0.15, -0.1) is 0 Å². The molecule has 0 spiro atoms. The van der Waals surface area contributed by atoms with Crippen molar-refractivity contribution >= 4 is 79.7 Å². The van der Waals surface area contributed by atoms with Gasteiger partial charge in [-0.05, 0) is 93.5 Å². The highest BCUT2D eigenvalue weighted by Crippen LogP contribution is 2.38. The highest BCUT2D eigenvalue weighted by molar-refractivity contribution is 14.1. The number of nitrogens with zero attached hydrogens (tertiary/aromatic N) is 1. The quantitative estimate of drug-likeness (QED) is 0.147. The van der Waals surface area contributed by atoms with Crippen LogP contribution in [-0.4, -0.2) is 18.5 Å². The number of ether oxygens (including phenoxy) is 3. The Bertz CT molecular complexity index is 1330. The summed E-state index contributed by atoms with van der Waals surface area (Å²) in [5.74, 6) is 0.675. The van der Waals surface area contributed by atoms with E-state index in [0.29, 0.717) is 50.4 Å². The van der Waals surface area contributed by atoms with Crippen LogP contribution in [0.15, 0.2) is 69.8 Å². The van der Waals surface area contributed by atoms with Gasteiger partial charge < -0.3 is 14.2 Å². The summed E-state index contributed by atoms with van der Waals surface area (Å²) in [7, 11) is 0. The summed E-state index contributed by atoms with van der Waals surface area (Å²) >= 11 is 18.0. The molecule has 1 aliphatic rings. The van der Waals surface area contributed by atoms with Gasteiger partial charge in [-0.2, -0.15) is 0 Å². The van der Waals surface area contributed by atoms with E-state index < -0.39 is 5.97 Å². The number of esters is 1. The lowest BCUT2D eigenvalue weighted by Crippen LogP contribution is -2.06. The zero-order chi connectivity index (χ0) is 24.2. The fourth-order valence-electron chi connectivity index (χ4n) is 3.18. The maximum absolute atomic E-state index is 12.5. The average molecular weight is 673 g/mol. The van der Waals surface area contributed by atoms with Crippen LogP contribution in [0.25, 0.3) is 6.08 Å². The van der Waals surface area contributed by atoms with Crippen molar-refractivity contribution in [2.45, 2.75) is 13.5 Å². The van der Waals surface area contributed by atoms with Gasteiger partial charge in [0.15, 0.2) is 17.2 Å². The minimum atomic E-state index is -0.575. The van der Waals surface area contributed by atoms with E-state index in [9.17, 15) is 4.79 Å². The molecule has 3 aromatic rings. The smallest absolute Gasteiger partial charge is 0.363 e. The van der Waals surface area contributed by atoms with Crippen LogP contribution in [-0.2, 0) is 16.1 Å². The molecule has 0 radical (unpaired) electrons. The van der Waals surface area contributed by atoms with E-state index in [0.717, 1.165) is 9.13 Å². The van der Waals surface area contributed by atoms with Gasteiger partial charge in [0.2, 0.25) is 5.90 Å². The van der Waals surface area contributed by atoms with E-state index in [4.69, 9.17) is 37.4 Å². The Morgan fingerprint density at radius 3 is 2.65 bits per heavy atom. The largest absolute Gasteiger partial charge is 0.490 e. The molecule has 0 unspecified atom stereocenters. The summed E-state index contributed by atoms with van der Waals surface area (Å²) in [6.07, 6.45) is 1.62. The van der Waals surface area contributed by atoms with Gasteiger partial charge in [0.05, 0.1) is 21.7 Å². The molecular weight excluding hydrogens is 656 g/mol. The first-order valence-electron chi connectivity index (χ1n) is 10.2. The second kappa shape index (κ2) is 11.1. The van der Waals surface area contributed by atoms with E-state index >= 15 is 0 Å². The normalized spacial score (nSPS) is 14.2. The zero-order valence-electron chi connectivity index (χ0n) is 17.8. The van der Waals surface area contributed by atoms with Crippen molar-refractivity contribution in [3.8, 4) is 11.5 Å². The predicted octanol–water partition coefficient (Wildman–Crippen LogP) is 7.68. The van der Waals surface area contributed by atoms with Crippen LogP contribution < -0.4 is 9.47 Å². The molecule has 0 amide bonds. The van der Waals surface area contributed by atoms with Crippen LogP contribution >= 0.6 is 61.7 Å². The number of hydrogen-bond donors (Lipinski definition) is 0. The van der Waals surface area contributed by atoms with Crippen molar-refractivity contribution in [2.75, 3.05) is 6.61 Å². The first-order valence-corrected chi connectivity index (χ1v) is 12.8. The second-order valence-corrected chi connectivity index (χ2v) is 9.96. The lowest BCUT2D eigenvalue weighted by Gasteiger charge is -2.15. The molecule has 0 bridgehead atoms. The van der Waals surface area contributed by atoms with E-state index in [1.54, 1.807) is 30.3 Å². The molecule has 1 heterocycles. The molecule has 0 aromatic heterocycles. The number of benzene rings is 3. The van der Waals surface area contributed by atoms with E-state index in [2.05, 4.69) is 43.5 Å². The van der Waals surface area contributed by atoms with Crippen molar-refractivity contribution in [2.24, 2.45) is 4.99 Å². The maximum Gasteiger partial charge on any atom is 0.363 e. The molecule has 1 aliphatic heterocycles. The van der Waals surface area contributed by atoms with Crippen LogP contribution in [0, 0.1) is 3.57 Å². The zero-order valence-corrected chi connectivity index (χ0v) is 23.0. The summed E-state index contributed by atoms with van der Waals surface area (Å²) in [5.41, 5.74) is 2.39. The molecule has 0 atom stereocenters. The van der Waals surface area contributed by atoms with Gasteiger partial charge >= 0.3 is 5.97 Å². The molecule has 5 nitrogen and oxygen atoms in total. The molecule has 174 valence electrons. The highest BCUT2D eigenvalue weighted by atomic mass is 127. The van der Waals surface area contributed by atoms with Crippen LogP contribution in [0.2, 0.25) is 10.0 Å². The fourth-order valence-corrected chi connectivity index (χ4v) is 4.79. The minimum absolute atomic E-state index is 0.124. The van der Waals surface area contributed by atoms with Gasteiger partial charge in [-0.1, -0.05) is 41.4 Å². The Kier molecular flexibility index (Phi) is 8.18. The fraction of sp³-hybridized carbons (Fsp3) is 0.120. The third kappa shape index (κ3) is 5.76. The maximum atomic E-state index is 12.5. The van der Waals surface area contributed by atoms with E-state index in [1.807, 2.05) is 37.3 Å². The third-order valence-electron chi connectivity index (χ3n) is 4.75. The van der Waals surface area contributed by atoms with E-state index in [1.165, 1.54) is 0 Å². The van der Waals surface area contributed by atoms with Crippen molar-refractivity contribution in [3.63, 3.8) is 0 Å². The van der Waals surface area contributed by atoms with Crippen LogP contribution in [0.4, 0.5) is 0 Å². The van der Waals surface area contributed by atoms with Crippen molar-refractivity contribution in [1.82, 2.24) is 0 Å². The Morgan fingerprint density at radius 1 is 1.12 bits per heavy atom. The number of aliphatic imine (C=N–C) groups is 1.